The maximum Gasteiger partial charge on any atom is 0.342 e. The van der Waals surface area contributed by atoms with E-state index in [0.29, 0.717) is 5.57 Å². The first-order chi connectivity index (χ1) is 19.9. The van der Waals surface area contributed by atoms with E-state index in [1.54, 1.807) is 26.8 Å². The van der Waals surface area contributed by atoms with Gasteiger partial charge in [-0.15, -0.1) is 0 Å². The van der Waals surface area contributed by atoms with E-state index >= 15 is 0 Å². The van der Waals surface area contributed by atoms with Crippen LogP contribution >= 0.6 is 0 Å². The highest BCUT2D eigenvalue weighted by atomic mass is 16.7. The van der Waals surface area contributed by atoms with Gasteiger partial charge >= 0.3 is 35.8 Å². The summed E-state index contributed by atoms with van der Waals surface area (Å²) in [4.78, 5) is 76.2. The first kappa shape index (κ1) is 32.2. The van der Waals surface area contributed by atoms with E-state index in [9.17, 15) is 28.8 Å². The predicted octanol–water partition coefficient (Wildman–Crippen LogP) is 2.03. The van der Waals surface area contributed by atoms with Crippen LogP contribution in [0.15, 0.2) is 23.3 Å². The summed E-state index contributed by atoms with van der Waals surface area (Å²) >= 11 is 0. The normalized spacial score (nSPS) is 40.9. The van der Waals surface area contributed by atoms with Gasteiger partial charge in [-0.05, 0) is 32.4 Å². The number of hydrogen-bond donors (Lipinski definition) is 0. The Balaban J connectivity index is 2.14. The van der Waals surface area contributed by atoms with Gasteiger partial charge in [0.1, 0.15) is 12.2 Å². The highest BCUT2D eigenvalue weighted by Gasteiger charge is 2.87. The zero-order valence-corrected chi connectivity index (χ0v) is 25.7. The Morgan fingerprint density at radius 3 is 1.81 bits per heavy atom. The van der Waals surface area contributed by atoms with Crippen LogP contribution < -0.4 is 0 Å². The molecular weight excluding hydrogens is 568 g/mol. The molecule has 0 radical (unpaired) electrons. The van der Waals surface area contributed by atoms with Crippen LogP contribution in [0.3, 0.4) is 0 Å². The Bertz CT molecular complexity index is 1310. The minimum absolute atomic E-state index is 0.146. The molecular formula is C30H38O13. The van der Waals surface area contributed by atoms with Crippen LogP contribution in [-0.2, 0) is 61.9 Å². The highest BCUT2D eigenvalue weighted by molar-refractivity contribution is 5.89. The van der Waals surface area contributed by atoms with Gasteiger partial charge in [0.25, 0.3) is 0 Å². The molecule has 0 aromatic rings. The van der Waals surface area contributed by atoms with E-state index in [0.717, 1.165) is 20.8 Å². The summed E-state index contributed by atoms with van der Waals surface area (Å²) in [5, 5.41) is 0. The summed E-state index contributed by atoms with van der Waals surface area (Å²) in [6.45, 7) is 12.4. The van der Waals surface area contributed by atoms with Crippen molar-refractivity contribution in [2.24, 2.45) is 11.3 Å². The molecule has 10 atom stereocenters. The number of fused-ring (bicyclic) bond motifs is 1. The number of epoxide rings is 1. The molecule has 0 saturated carbocycles. The monoisotopic (exact) mass is 606 g/mol. The van der Waals surface area contributed by atoms with Crippen LogP contribution in [0.2, 0.25) is 0 Å². The molecule has 2 heterocycles. The molecule has 2 aliphatic heterocycles. The smallest absolute Gasteiger partial charge is 0.342 e. The summed E-state index contributed by atoms with van der Waals surface area (Å²) < 4.78 is 41.2. The molecule has 0 N–H and O–H groups in total. The van der Waals surface area contributed by atoms with E-state index in [1.807, 2.05) is 0 Å². The lowest BCUT2D eigenvalue weighted by Crippen LogP contribution is -2.66. The van der Waals surface area contributed by atoms with Crippen molar-refractivity contribution in [2.45, 2.75) is 117 Å². The largest absolute Gasteiger partial charge is 0.461 e. The molecule has 236 valence electrons. The van der Waals surface area contributed by atoms with Crippen molar-refractivity contribution in [2.75, 3.05) is 0 Å². The molecule has 0 bridgehead atoms. The third-order valence-electron chi connectivity index (χ3n) is 8.92. The van der Waals surface area contributed by atoms with Crippen LogP contribution in [-0.4, -0.2) is 83.6 Å². The average molecular weight is 607 g/mol. The number of ether oxygens (including phenoxy) is 7. The van der Waals surface area contributed by atoms with Gasteiger partial charge in [-0.1, -0.05) is 18.6 Å². The molecule has 4 rings (SSSR count). The lowest BCUT2D eigenvalue weighted by Gasteiger charge is -2.54. The van der Waals surface area contributed by atoms with Gasteiger partial charge in [0.2, 0.25) is 0 Å². The Hall–Kier alpha value is -3.74. The van der Waals surface area contributed by atoms with Crippen molar-refractivity contribution >= 4 is 35.8 Å². The third-order valence-corrected chi connectivity index (χ3v) is 8.92. The minimum Gasteiger partial charge on any atom is -0.461 e. The maximum absolute atomic E-state index is 13.2. The van der Waals surface area contributed by atoms with Crippen molar-refractivity contribution in [1.29, 1.82) is 0 Å². The Labute approximate surface area is 249 Å². The predicted molar refractivity (Wildman–Crippen MR) is 144 cm³/mol. The van der Waals surface area contributed by atoms with Crippen molar-refractivity contribution in [3.05, 3.63) is 23.3 Å². The highest BCUT2D eigenvalue weighted by Crippen LogP contribution is 2.65. The fourth-order valence-corrected chi connectivity index (χ4v) is 7.19. The second-order valence-electron chi connectivity index (χ2n) is 12.0. The summed E-state index contributed by atoms with van der Waals surface area (Å²) in [5.74, 6) is -5.32. The van der Waals surface area contributed by atoms with E-state index in [4.69, 9.17) is 33.2 Å². The standard InChI is InChI=1S/C30H38O13/c1-13-10-11-20(37-15(3)31)28(8)22(13)25(40-18(6)34)30-21(42-27(36)29(30,9)43-30)12-14(2)23(38-16(4)32)24(39-17(5)33)26(28)41-19(7)35/h10,12,20-26H,11H2,1-9H3/b14-12-/t20-,21-,22+,23-,24+,25-,26-,28-,29-,30-/m0/s1. The van der Waals surface area contributed by atoms with Crippen LogP contribution in [0.25, 0.3) is 0 Å². The van der Waals surface area contributed by atoms with E-state index in [-0.39, 0.29) is 12.0 Å². The van der Waals surface area contributed by atoms with Gasteiger partial charge in [-0.2, -0.15) is 0 Å². The second kappa shape index (κ2) is 11.1. The van der Waals surface area contributed by atoms with Gasteiger partial charge in [0.15, 0.2) is 35.6 Å². The number of hydrogen-bond acceptors (Lipinski definition) is 13. The number of esters is 6. The summed E-state index contributed by atoms with van der Waals surface area (Å²) in [6.07, 6.45) is -4.28. The van der Waals surface area contributed by atoms with E-state index < -0.39 is 95.0 Å². The zero-order valence-electron chi connectivity index (χ0n) is 25.7. The van der Waals surface area contributed by atoms with Crippen LogP contribution in [0, 0.1) is 11.3 Å². The molecule has 43 heavy (non-hydrogen) atoms. The molecule has 13 heteroatoms. The van der Waals surface area contributed by atoms with E-state index in [2.05, 4.69) is 0 Å². The minimum atomic E-state index is -1.56. The first-order valence-electron chi connectivity index (χ1n) is 14.0. The number of carbonyl (C=O) groups excluding carboxylic acids is 6. The van der Waals surface area contributed by atoms with Crippen LogP contribution in [0.1, 0.15) is 68.7 Å². The maximum atomic E-state index is 13.2. The Kier molecular flexibility index (Phi) is 8.29. The van der Waals surface area contributed by atoms with Crippen molar-refractivity contribution < 1.29 is 61.9 Å². The summed E-state index contributed by atoms with van der Waals surface area (Å²) in [5.41, 5.74) is -3.74. The SMILES string of the molecule is CC(=O)O[C@@H]1[C@@H](OC(C)=O)/C(C)=C\[C@@H]2OC(=O)[C@]3(C)O[C@]23[C@@H](OC(C)=O)[C@H]2C(C)=CC[C@H](OC(C)=O)[C@]2(C)[C@H]1OC(C)=O. The second-order valence-corrected chi connectivity index (χ2v) is 12.0. The molecule has 0 unspecified atom stereocenters. The number of rotatable bonds is 5. The van der Waals surface area contributed by atoms with Gasteiger partial charge in [-0.3, -0.25) is 24.0 Å². The van der Waals surface area contributed by atoms with Gasteiger partial charge in [-0.25, -0.2) is 4.79 Å². The van der Waals surface area contributed by atoms with E-state index in [1.165, 1.54) is 26.8 Å². The molecule has 2 saturated heterocycles. The Morgan fingerprint density at radius 1 is 0.767 bits per heavy atom. The molecule has 2 fully saturated rings. The lowest BCUT2D eigenvalue weighted by molar-refractivity contribution is -0.223. The molecule has 0 amide bonds. The quantitative estimate of drug-likeness (QED) is 0.193. The molecule has 4 aliphatic rings. The fourth-order valence-electron chi connectivity index (χ4n) is 7.19. The van der Waals surface area contributed by atoms with Crippen LogP contribution in [0.4, 0.5) is 0 Å². The lowest BCUT2D eigenvalue weighted by atomic mass is 9.56. The van der Waals surface area contributed by atoms with Crippen molar-refractivity contribution in [3.8, 4) is 0 Å². The summed E-state index contributed by atoms with van der Waals surface area (Å²) in [6, 6.07) is 0. The summed E-state index contributed by atoms with van der Waals surface area (Å²) in [7, 11) is 0. The topological polar surface area (TPSA) is 170 Å². The van der Waals surface area contributed by atoms with Gasteiger partial charge in [0.05, 0.1) is 5.41 Å². The van der Waals surface area contributed by atoms with Crippen molar-refractivity contribution in [3.63, 3.8) is 0 Å². The molecule has 0 aromatic heterocycles. The van der Waals surface area contributed by atoms with Crippen LogP contribution in [0.5, 0.6) is 0 Å². The molecule has 1 spiro atoms. The number of carbonyl (C=O) groups is 6. The van der Waals surface area contributed by atoms with Crippen molar-refractivity contribution in [1.82, 2.24) is 0 Å². The van der Waals surface area contributed by atoms with Gasteiger partial charge in [0, 0.05) is 47.0 Å². The average Bonchev–Trinajstić information content (AvgIpc) is 3.46. The molecule has 2 aliphatic carbocycles. The third kappa shape index (κ3) is 5.21. The Morgan fingerprint density at radius 2 is 1.30 bits per heavy atom. The zero-order chi connectivity index (χ0) is 32.2. The molecule has 0 aromatic carbocycles. The fraction of sp³-hybridized carbons (Fsp3) is 0.667. The first-order valence-corrected chi connectivity index (χ1v) is 14.0. The van der Waals surface area contributed by atoms with Gasteiger partial charge < -0.3 is 33.2 Å². The molecule has 13 nitrogen and oxygen atoms in total.